The summed E-state index contributed by atoms with van der Waals surface area (Å²) in [6, 6.07) is 14.7. The van der Waals surface area contributed by atoms with E-state index in [9.17, 15) is 19.5 Å². The fraction of sp³-hybridized carbons (Fsp3) is 0.423. The number of carbonyl (C=O) groups is 3. The molecule has 3 N–H and O–H groups in total. The van der Waals surface area contributed by atoms with E-state index in [-0.39, 0.29) is 31.3 Å². The summed E-state index contributed by atoms with van der Waals surface area (Å²) in [5.41, 5.74) is 4.33. The second kappa shape index (κ2) is 10.1. The van der Waals surface area contributed by atoms with Gasteiger partial charge in [-0.3, -0.25) is 9.59 Å². The third-order valence-corrected chi connectivity index (χ3v) is 6.91. The van der Waals surface area contributed by atoms with Crippen LogP contribution in [0.15, 0.2) is 48.5 Å². The monoisotopic (exact) mass is 480 g/mol. The molecular weight excluding hydrogens is 452 g/mol. The van der Waals surface area contributed by atoms with Crippen molar-refractivity contribution in [1.29, 1.82) is 0 Å². The van der Waals surface area contributed by atoms with Crippen LogP contribution in [0.25, 0.3) is 11.1 Å². The van der Waals surface area contributed by atoms with E-state index in [1.165, 1.54) is 0 Å². The van der Waals surface area contributed by atoms with E-state index in [1.807, 2.05) is 48.5 Å². The quantitative estimate of drug-likeness (QED) is 0.530. The van der Waals surface area contributed by atoms with Gasteiger partial charge in [0.05, 0.1) is 31.8 Å². The molecule has 0 spiro atoms. The molecule has 9 heteroatoms. The molecule has 35 heavy (non-hydrogen) atoms. The molecule has 0 aromatic heterocycles. The molecule has 0 saturated carbocycles. The van der Waals surface area contributed by atoms with Crippen molar-refractivity contribution >= 4 is 18.0 Å². The van der Waals surface area contributed by atoms with Gasteiger partial charge in [0.15, 0.2) is 0 Å². The van der Waals surface area contributed by atoms with E-state index in [0.717, 1.165) is 28.7 Å². The van der Waals surface area contributed by atoms with Crippen LogP contribution in [0.5, 0.6) is 0 Å². The third-order valence-electron chi connectivity index (χ3n) is 6.91. The second-order valence-corrected chi connectivity index (χ2v) is 9.20. The molecular formula is C26H28N2O7. The van der Waals surface area contributed by atoms with Crippen LogP contribution in [0, 0.1) is 5.92 Å². The Balaban J connectivity index is 1.17. The second-order valence-electron chi connectivity index (χ2n) is 9.20. The van der Waals surface area contributed by atoms with E-state index in [1.54, 1.807) is 0 Å². The lowest BCUT2D eigenvalue weighted by atomic mass is 9.98. The van der Waals surface area contributed by atoms with Gasteiger partial charge in [-0.2, -0.15) is 0 Å². The molecule has 2 aromatic carbocycles. The average molecular weight is 481 g/mol. The van der Waals surface area contributed by atoms with Crippen LogP contribution in [-0.4, -0.2) is 67.7 Å². The lowest BCUT2D eigenvalue weighted by Crippen LogP contribution is -2.49. The topological polar surface area (TPSA) is 123 Å². The molecule has 2 amide bonds. The number of hydrogen-bond acceptors (Lipinski definition) is 6. The summed E-state index contributed by atoms with van der Waals surface area (Å²) in [5.74, 6) is -1.60. The summed E-state index contributed by atoms with van der Waals surface area (Å²) in [7, 11) is 0. The highest BCUT2D eigenvalue weighted by molar-refractivity contribution is 5.89. The Bertz CT molecular complexity index is 1060. The van der Waals surface area contributed by atoms with Crippen molar-refractivity contribution in [2.45, 2.75) is 37.0 Å². The molecule has 2 aromatic rings. The first-order chi connectivity index (χ1) is 17.0. The molecule has 2 unspecified atom stereocenters. The summed E-state index contributed by atoms with van der Waals surface area (Å²) >= 11 is 0. The van der Waals surface area contributed by atoms with Gasteiger partial charge < -0.3 is 30.0 Å². The molecule has 4 atom stereocenters. The SMILES string of the molecule is O=C(O)CC(NC(=O)OCC1c2ccccc2-c2ccccc21)C(=O)NCC1C[C@@H]2COC[C@@H]2O1. The van der Waals surface area contributed by atoms with Gasteiger partial charge in [-0.05, 0) is 28.7 Å². The van der Waals surface area contributed by atoms with E-state index in [2.05, 4.69) is 10.6 Å². The van der Waals surface area contributed by atoms with Crippen molar-refractivity contribution in [2.75, 3.05) is 26.4 Å². The Morgan fingerprint density at radius 3 is 2.37 bits per heavy atom. The molecule has 1 aliphatic carbocycles. The number of ether oxygens (including phenoxy) is 3. The summed E-state index contributed by atoms with van der Waals surface area (Å²) < 4.78 is 16.7. The summed E-state index contributed by atoms with van der Waals surface area (Å²) in [5, 5.41) is 14.4. The van der Waals surface area contributed by atoms with Gasteiger partial charge >= 0.3 is 12.1 Å². The molecule has 9 nitrogen and oxygen atoms in total. The highest BCUT2D eigenvalue weighted by Crippen LogP contribution is 2.44. The first-order valence-corrected chi connectivity index (χ1v) is 11.8. The Hall–Kier alpha value is -3.43. The largest absolute Gasteiger partial charge is 0.481 e. The molecule has 2 aliphatic heterocycles. The van der Waals surface area contributed by atoms with E-state index >= 15 is 0 Å². The molecule has 2 saturated heterocycles. The number of amides is 2. The summed E-state index contributed by atoms with van der Waals surface area (Å²) in [4.78, 5) is 36.6. The van der Waals surface area contributed by atoms with Crippen molar-refractivity contribution in [2.24, 2.45) is 5.92 Å². The lowest BCUT2D eigenvalue weighted by Gasteiger charge is -2.20. The van der Waals surface area contributed by atoms with Gasteiger partial charge in [0, 0.05) is 18.4 Å². The molecule has 2 heterocycles. The van der Waals surface area contributed by atoms with Crippen LogP contribution in [-0.2, 0) is 23.8 Å². The fourth-order valence-corrected chi connectivity index (χ4v) is 5.22. The Kier molecular flexibility index (Phi) is 6.70. The molecule has 0 radical (unpaired) electrons. The number of benzene rings is 2. The van der Waals surface area contributed by atoms with Gasteiger partial charge in [0.2, 0.25) is 5.91 Å². The predicted molar refractivity (Wildman–Crippen MR) is 125 cm³/mol. The molecule has 184 valence electrons. The minimum atomic E-state index is -1.26. The zero-order valence-corrected chi connectivity index (χ0v) is 19.1. The van der Waals surface area contributed by atoms with Gasteiger partial charge in [0.25, 0.3) is 0 Å². The Morgan fingerprint density at radius 1 is 1.03 bits per heavy atom. The highest BCUT2D eigenvalue weighted by atomic mass is 16.6. The molecule has 5 rings (SSSR count). The third kappa shape index (κ3) is 5.01. The Morgan fingerprint density at radius 2 is 1.71 bits per heavy atom. The lowest BCUT2D eigenvalue weighted by molar-refractivity contribution is -0.139. The number of rotatable bonds is 8. The number of nitrogens with one attached hydrogen (secondary N) is 2. The van der Waals surface area contributed by atoms with Crippen molar-refractivity contribution in [3.8, 4) is 11.1 Å². The number of fused-ring (bicyclic) bond motifs is 4. The van der Waals surface area contributed by atoms with Crippen molar-refractivity contribution in [3.05, 3.63) is 59.7 Å². The first kappa shape index (κ1) is 23.3. The van der Waals surface area contributed by atoms with E-state index in [4.69, 9.17) is 14.2 Å². The molecule has 3 aliphatic rings. The van der Waals surface area contributed by atoms with Crippen LogP contribution in [0.3, 0.4) is 0 Å². The standard InChI is InChI=1S/C26H28N2O7/c29-24(30)10-22(25(31)27-11-16-9-15-12-33-14-23(15)35-16)28-26(32)34-13-21-19-7-3-1-5-17(19)18-6-2-4-8-20(18)21/h1-8,15-16,21-23H,9-14H2,(H,27,31)(H,28,32)(H,29,30)/t15-,16?,22?,23+/m1/s1. The number of aliphatic carboxylic acids is 1. The fourth-order valence-electron chi connectivity index (χ4n) is 5.22. The van der Waals surface area contributed by atoms with E-state index in [0.29, 0.717) is 19.1 Å². The maximum absolute atomic E-state index is 12.7. The number of hydrogen-bond donors (Lipinski definition) is 3. The minimum Gasteiger partial charge on any atom is -0.481 e. The van der Waals surface area contributed by atoms with Crippen molar-refractivity contribution in [3.63, 3.8) is 0 Å². The van der Waals surface area contributed by atoms with Gasteiger partial charge in [-0.25, -0.2) is 4.79 Å². The van der Waals surface area contributed by atoms with Crippen LogP contribution in [0.2, 0.25) is 0 Å². The summed E-state index contributed by atoms with van der Waals surface area (Å²) in [6.45, 7) is 1.52. The van der Waals surface area contributed by atoms with Crippen LogP contribution in [0.4, 0.5) is 4.79 Å². The maximum atomic E-state index is 12.7. The normalized spacial score (nSPS) is 23.1. The smallest absolute Gasteiger partial charge is 0.407 e. The van der Waals surface area contributed by atoms with Crippen LogP contribution in [0.1, 0.15) is 29.9 Å². The van der Waals surface area contributed by atoms with Crippen molar-refractivity contribution < 1.29 is 33.7 Å². The highest BCUT2D eigenvalue weighted by Gasteiger charge is 2.39. The van der Waals surface area contributed by atoms with Crippen molar-refractivity contribution in [1.82, 2.24) is 10.6 Å². The van der Waals surface area contributed by atoms with Gasteiger partial charge in [0.1, 0.15) is 12.6 Å². The van der Waals surface area contributed by atoms with Crippen LogP contribution < -0.4 is 10.6 Å². The number of carbonyl (C=O) groups excluding carboxylic acids is 2. The van der Waals surface area contributed by atoms with E-state index < -0.39 is 30.4 Å². The predicted octanol–water partition coefficient (Wildman–Crippen LogP) is 2.29. The first-order valence-electron chi connectivity index (χ1n) is 11.8. The molecule has 0 bridgehead atoms. The molecule has 2 fully saturated rings. The number of carboxylic acid groups (broad SMARTS) is 1. The Labute approximate surface area is 202 Å². The average Bonchev–Trinajstić information content (AvgIpc) is 3.53. The number of alkyl carbamates (subject to hydrolysis) is 1. The zero-order chi connectivity index (χ0) is 24.4. The minimum absolute atomic E-state index is 0.0469. The van der Waals surface area contributed by atoms with Crippen LogP contribution >= 0.6 is 0 Å². The zero-order valence-electron chi connectivity index (χ0n) is 19.1. The van der Waals surface area contributed by atoms with Gasteiger partial charge in [-0.1, -0.05) is 48.5 Å². The maximum Gasteiger partial charge on any atom is 0.407 e. The van der Waals surface area contributed by atoms with Gasteiger partial charge in [-0.15, -0.1) is 0 Å². The number of carboxylic acids is 1. The summed E-state index contributed by atoms with van der Waals surface area (Å²) in [6.07, 6.45) is -0.727.